The largest absolute Gasteiger partial charge is 0.446 e. The van der Waals surface area contributed by atoms with Gasteiger partial charge in [0, 0.05) is 21.2 Å². The summed E-state index contributed by atoms with van der Waals surface area (Å²) in [6, 6.07) is 16.8. The number of carbonyl (C=O) groups excluding carboxylic acids is 2. The molecular weight excluding hydrogens is 415 g/mol. The van der Waals surface area contributed by atoms with Crippen LogP contribution in [0, 0.1) is 0 Å². The van der Waals surface area contributed by atoms with Gasteiger partial charge < -0.3 is 4.42 Å². The lowest BCUT2D eigenvalue weighted by Gasteiger charge is -1.99. The molecule has 2 aromatic carbocycles. The molecule has 0 saturated heterocycles. The summed E-state index contributed by atoms with van der Waals surface area (Å²) in [7, 11) is 0. The van der Waals surface area contributed by atoms with Crippen LogP contribution in [0.1, 0.15) is 32.2 Å². The molecule has 146 valence electrons. The van der Waals surface area contributed by atoms with Gasteiger partial charge in [-0.25, -0.2) is 10.9 Å². The van der Waals surface area contributed by atoms with Crippen LogP contribution in [-0.2, 0) is 0 Å². The third-order valence-electron chi connectivity index (χ3n) is 3.60. The number of nitrogens with one attached hydrogen (secondary N) is 2. The highest BCUT2D eigenvalue weighted by atomic mass is 35.5. The Bertz CT molecular complexity index is 1010. The maximum Gasteiger partial charge on any atom is 0.307 e. The van der Waals surface area contributed by atoms with E-state index < -0.39 is 11.8 Å². The number of hydrogen-bond acceptors (Lipinski definition) is 5. The minimum atomic E-state index is -0.619. The van der Waals surface area contributed by atoms with E-state index in [1.807, 2.05) is 0 Å². The van der Waals surface area contributed by atoms with Crippen molar-refractivity contribution < 1.29 is 14.0 Å². The molecule has 2 amide bonds. The summed E-state index contributed by atoms with van der Waals surface area (Å²) in [5, 5.41) is 8.64. The maximum atomic E-state index is 12.1. The van der Waals surface area contributed by atoms with Crippen molar-refractivity contribution in [2.45, 2.75) is 0 Å². The molecule has 0 radical (unpaired) electrons. The number of carbonyl (C=O) groups is 2. The molecule has 0 aliphatic heterocycles. The average molecular weight is 429 g/mol. The Morgan fingerprint density at radius 1 is 0.724 bits per heavy atom. The van der Waals surface area contributed by atoms with E-state index in [9.17, 15) is 9.59 Å². The van der Waals surface area contributed by atoms with E-state index in [2.05, 4.69) is 21.1 Å². The number of halogens is 2. The third kappa shape index (κ3) is 5.54. The van der Waals surface area contributed by atoms with Crippen LogP contribution in [0.2, 0.25) is 10.0 Å². The van der Waals surface area contributed by atoms with Gasteiger partial charge in [-0.2, -0.15) is 10.2 Å². The van der Waals surface area contributed by atoms with E-state index in [-0.39, 0.29) is 11.5 Å². The quantitative estimate of drug-likeness (QED) is 0.456. The van der Waals surface area contributed by atoms with Gasteiger partial charge in [0.15, 0.2) is 11.5 Å². The summed E-state index contributed by atoms with van der Waals surface area (Å²) in [5.41, 5.74) is 5.89. The second-order valence-corrected chi connectivity index (χ2v) is 6.42. The standard InChI is InChI=1S/C20H14Cl2N4O3/c21-15-7-3-1-5-13(15)11-23-25-19(27)17-9-10-18(29-17)20(28)26-24-12-14-6-2-4-8-16(14)22/h1-12H,(H,25,27)(H,26,28)/b23-11+,24-12+. The van der Waals surface area contributed by atoms with Crippen LogP contribution in [0.3, 0.4) is 0 Å². The molecule has 3 rings (SSSR count). The van der Waals surface area contributed by atoms with E-state index in [1.54, 1.807) is 48.5 Å². The number of nitrogens with zero attached hydrogens (tertiary/aromatic N) is 2. The third-order valence-corrected chi connectivity index (χ3v) is 4.29. The predicted molar refractivity (Wildman–Crippen MR) is 112 cm³/mol. The van der Waals surface area contributed by atoms with Gasteiger partial charge in [0.05, 0.1) is 12.4 Å². The van der Waals surface area contributed by atoms with E-state index in [0.29, 0.717) is 21.2 Å². The van der Waals surface area contributed by atoms with Crippen LogP contribution in [-0.4, -0.2) is 24.2 Å². The summed E-state index contributed by atoms with van der Waals surface area (Å²) >= 11 is 12.0. The second-order valence-electron chi connectivity index (χ2n) is 5.61. The lowest BCUT2D eigenvalue weighted by Crippen LogP contribution is -2.18. The minimum Gasteiger partial charge on any atom is -0.446 e. The number of hydrogen-bond donors (Lipinski definition) is 2. The van der Waals surface area contributed by atoms with Gasteiger partial charge in [-0.15, -0.1) is 0 Å². The Labute approximate surface area is 176 Å². The molecule has 0 saturated carbocycles. The van der Waals surface area contributed by atoms with Crippen LogP contribution in [0.15, 0.2) is 75.3 Å². The normalized spacial score (nSPS) is 11.1. The van der Waals surface area contributed by atoms with Gasteiger partial charge in [-0.05, 0) is 24.3 Å². The van der Waals surface area contributed by atoms with Gasteiger partial charge >= 0.3 is 11.8 Å². The van der Waals surface area contributed by atoms with E-state index in [4.69, 9.17) is 27.6 Å². The van der Waals surface area contributed by atoms with Gasteiger partial charge in [0.1, 0.15) is 0 Å². The molecule has 0 unspecified atom stereocenters. The Morgan fingerprint density at radius 2 is 1.14 bits per heavy atom. The minimum absolute atomic E-state index is 0.0819. The van der Waals surface area contributed by atoms with Crippen LogP contribution in [0.5, 0.6) is 0 Å². The van der Waals surface area contributed by atoms with Crippen molar-refractivity contribution >= 4 is 47.4 Å². The van der Waals surface area contributed by atoms with Crippen molar-refractivity contribution in [1.29, 1.82) is 0 Å². The van der Waals surface area contributed by atoms with Crippen LogP contribution < -0.4 is 10.9 Å². The van der Waals surface area contributed by atoms with Crippen LogP contribution >= 0.6 is 23.2 Å². The van der Waals surface area contributed by atoms with Gasteiger partial charge in [-0.1, -0.05) is 59.6 Å². The van der Waals surface area contributed by atoms with Gasteiger partial charge in [0.2, 0.25) is 0 Å². The lowest BCUT2D eigenvalue weighted by molar-refractivity contribution is 0.0902. The first kappa shape index (κ1) is 20.3. The molecule has 1 aromatic heterocycles. The van der Waals surface area contributed by atoms with Crippen LogP contribution in [0.25, 0.3) is 0 Å². The predicted octanol–water partition coefficient (Wildman–Crippen LogP) is 4.11. The summed E-state index contributed by atoms with van der Waals surface area (Å²) in [6.45, 7) is 0. The van der Waals surface area contributed by atoms with E-state index in [1.165, 1.54) is 24.6 Å². The van der Waals surface area contributed by atoms with E-state index in [0.717, 1.165) is 0 Å². The molecule has 0 atom stereocenters. The molecule has 3 aromatic rings. The highest BCUT2D eigenvalue weighted by molar-refractivity contribution is 6.33. The molecule has 0 aliphatic carbocycles. The Kier molecular flexibility index (Phi) is 6.78. The molecule has 2 N–H and O–H groups in total. The SMILES string of the molecule is O=C(N/N=C/c1ccccc1Cl)c1ccc(C(=O)N/N=C/c2ccccc2Cl)o1. The number of furan rings is 1. The van der Waals surface area contributed by atoms with Gasteiger partial charge in [0.25, 0.3) is 0 Å². The molecule has 7 nitrogen and oxygen atoms in total. The Balaban J connectivity index is 1.56. The van der Waals surface area contributed by atoms with Crippen molar-refractivity contribution in [1.82, 2.24) is 10.9 Å². The van der Waals surface area contributed by atoms with Crippen LogP contribution in [0.4, 0.5) is 0 Å². The summed E-state index contributed by atoms with van der Waals surface area (Å²) in [4.78, 5) is 24.1. The maximum absolute atomic E-state index is 12.1. The zero-order chi connectivity index (χ0) is 20.6. The molecule has 29 heavy (non-hydrogen) atoms. The fourth-order valence-corrected chi connectivity index (χ4v) is 2.54. The number of rotatable bonds is 6. The Hall–Kier alpha value is -3.42. The molecule has 0 fully saturated rings. The average Bonchev–Trinajstić information content (AvgIpc) is 3.21. The van der Waals surface area contributed by atoms with Crippen molar-refractivity contribution in [2.24, 2.45) is 10.2 Å². The van der Waals surface area contributed by atoms with Crippen molar-refractivity contribution in [3.05, 3.63) is 93.4 Å². The van der Waals surface area contributed by atoms with Crippen molar-refractivity contribution in [3.63, 3.8) is 0 Å². The molecule has 9 heteroatoms. The smallest absolute Gasteiger partial charge is 0.307 e. The van der Waals surface area contributed by atoms with Gasteiger partial charge in [-0.3, -0.25) is 9.59 Å². The van der Waals surface area contributed by atoms with E-state index >= 15 is 0 Å². The fraction of sp³-hybridized carbons (Fsp3) is 0. The zero-order valence-corrected chi connectivity index (χ0v) is 16.3. The summed E-state index contributed by atoms with van der Waals surface area (Å²) in [6.07, 6.45) is 2.81. The molecule has 0 bridgehead atoms. The summed E-state index contributed by atoms with van der Waals surface area (Å²) < 4.78 is 5.24. The number of hydrazone groups is 2. The van der Waals surface area contributed by atoms with Crippen molar-refractivity contribution in [2.75, 3.05) is 0 Å². The first-order valence-electron chi connectivity index (χ1n) is 8.30. The first-order chi connectivity index (χ1) is 14.0. The monoisotopic (exact) mass is 428 g/mol. The molecular formula is C20H14Cl2N4O3. The number of amides is 2. The lowest BCUT2D eigenvalue weighted by atomic mass is 10.2. The number of benzene rings is 2. The highest BCUT2D eigenvalue weighted by Gasteiger charge is 2.15. The molecule has 1 heterocycles. The Morgan fingerprint density at radius 3 is 1.55 bits per heavy atom. The summed E-state index contributed by atoms with van der Waals surface area (Å²) in [5.74, 6) is -1.40. The topological polar surface area (TPSA) is 96.1 Å². The van der Waals surface area contributed by atoms with Crippen molar-refractivity contribution in [3.8, 4) is 0 Å². The molecule has 0 aliphatic rings. The molecule has 0 spiro atoms. The first-order valence-corrected chi connectivity index (χ1v) is 9.06. The fourth-order valence-electron chi connectivity index (χ4n) is 2.17. The second kappa shape index (κ2) is 9.68. The highest BCUT2D eigenvalue weighted by Crippen LogP contribution is 2.13. The zero-order valence-electron chi connectivity index (χ0n) is 14.8.